The molecular weight excluding hydrogens is 411 g/mol. The Labute approximate surface area is 177 Å². The van der Waals surface area contributed by atoms with Gasteiger partial charge in [-0.15, -0.1) is 0 Å². The lowest BCUT2D eigenvalue weighted by Gasteiger charge is -2.22. The minimum atomic E-state index is -4.37. The first-order chi connectivity index (χ1) is 14.8. The number of carbonyl (C=O) groups excluding carboxylic acids is 2. The Morgan fingerprint density at radius 3 is 2.42 bits per heavy atom. The Morgan fingerprint density at radius 1 is 1.10 bits per heavy atom. The number of benzene rings is 1. The molecule has 0 radical (unpaired) electrons. The fourth-order valence-corrected chi connectivity index (χ4v) is 4.79. The highest BCUT2D eigenvalue weighted by Crippen LogP contribution is 2.48. The Morgan fingerprint density at radius 2 is 1.77 bits per heavy atom. The van der Waals surface area contributed by atoms with Crippen LogP contribution in [0.25, 0.3) is 0 Å². The number of nitrogens with zero attached hydrogens (tertiary/aromatic N) is 2. The predicted molar refractivity (Wildman–Crippen MR) is 107 cm³/mol. The van der Waals surface area contributed by atoms with E-state index in [1.807, 2.05) is 0 Å². The van der Waals surface area contributed by atoms with E-state index < -0.39 is 17.7 Å². The van der Waals surface area contributed by atoms with Crippen LogP contribution in [-0.4, -0.2) is 42.1 Å². The summed E-state index contributed by atoms with van der Waals surface area (Å²) in [5.41, 5.74) is -0.0711. The summed E-state index contributed by atoms with van der Waals surface area (Å²) >= 11 is 0. The molecule has 2 fully saturated rings. The van der Waals surface area contributed by atoms with Crippen molar-refractivity contribution in [3.05, 3.63) is 59.3 Å². The smallest absolute Gasteiger partial charge is 0.416 e. The number of likely N-dealkylation sites (tertiary alicyclic amines) is 1. The minimum absolute atomic E-state index is 0.119. The number of hydrogen-bond acceptors (Lipinski definition) is 4. The summed E-state index contributed by atoms with van der Waals surface area (Å²) in [5.74, 6) is -0.372. The van der Waals surface area contributed by atoms with Gasteiger partial charge in [-0.05, 0) is 54.4 Å². The zero-order chi connectivity index (χ0) is 22.2. The first-order valence-electron chi connectivity index (χ1n) is 10.0. The third kappa shape index (κ3) is 4.22. The average Bonchev–Trinajstić information content (AvgIpc) is 3.32. The molecule has 2 heterocycles. The van der Waals surface area contributed by atoms with Gasteiger partial charge in [0.1, 0.15) is 11.4 Å². The van der Waals surface area contributed by atoms with E-state index in [1.54, 1.807) is 23.1 Å². The molecule has 1 aromatic carbocycles. The van der Waals surface area contributed by atoms with Crippen molar-refractivity contribution in [3.8, 4) is 0 Å². The first kappa shape index (κ1) is 21.1. The summed E-state index contributed by atoms with van der Waals surface area (Å²) in [4.78, 5) is 30.3. The minimum Gasteiger partial charge on any atom is -0.465 e. The van der Waals surface area contributed by atoms with Gasteiger partial charge in [0.15, 0.2) is 0 Å². The lowest BCUT2D eigenvalue weighted by molar-refractivity contribution is -0.138. The number of hydrogen-bond donors (Lipinski definition) is 1. The van der Waals surface area contributed by atoms with Crippen LogP contribution in [0.3, 0.4) is 0 Å². The molecule has 6 nitrogen and oxygen atoms in total. The van der Waals surface area contributed by atoms with E-state index in [0.29, 0.717) is 31.5 Å². The summed E-state index contributed by atoms with van der Waals surface area (Å²) < 4.78 is 44.9. The number of aromatic nitrogens is 1. The maximum absolute atomic E-state index is 13.4. The van der Waals surface area contributed by atoms with E-state index in [0.717, 1.165) is 6.07 Å². The van der Waals surface area contributed by atoms with Crippen molar-refractivity contribution in [3.63, 3.8) is 0 Å². The summed E-state index contributed by atoms with van der Waals surface area (Å²) in [6.07, 6.45) is -1.69. The third-order valence-corrected chi connectivity index (χ3v) is 6.18. The molecule has 164 valence electrons. The standard InChI is InChI=1S/C22H22F3N3O3/c1-31-20(29)17-6-4-8-26-19(17)27-21(30)28-11-14-9-13(10-15(14)12-28)16-5-2-3-7-18(16)22(23,24)25/h2-8,13-15H,9-12H2,1H3,(H,26,27,30)/t13?,14-,15+. The fourth-order valence-electron chi connectivity index (χ4n) is 4.79. The number of nitrogens with one attached hydrogen (secondary N) is 1. The van der Waals surface area contributed by atoms with Crippen LogP contribution in [0.15, 0.2) is 42.6 Å². The SMILES string of the molecule is COC(=O)c1cccnc1NC(=O)N1C[C@H]2CC(c3ccccc3C(F)(F)F)C[C@H]2C1. The second kappa shape index (κ2) is 8.20. The topological polar surface area (TPSA) is 71.5 Å². The van der Waals surface area contributed by atoms with Gasteiger partial charge in [-0.3, -0.25) is 5.32 Å². The number of carbonyl (C=O) groups is 2. The van der Waals surface area contributed by atoms with Crippen molar-refractivity contribution >= 4 is 17.8 Å². The normalized spacial score (nSPS) is 22.8. The molecule has 1 N–H and O–H groups in total. The van der Waals surface area contributed by atoms with Gasteiger partial charge in [0.05, 0.1) is 12.7 Å². The quantitative estimate of drug-likeness (QED) is 0.722. The van der Waals surface area contributed by atoms with Crippen molar-refractivity contribution in [1.82, 2.24) is 9.88 Å². The Hall–Kier alpha value is -3.10. The first-order valence-corrected chi connectivity index (χ1v) is 10.0. The number of anilines is 1. The molecule has 9 heteroatoms. The molecule has 31 heavy (non-hydrogen) atoms. The summed E-state index contributed by atoms with van der Waals surface area (Å²) in [7, 11) is 1.25. The van der Waals surface area contributed by atoms with Crippen LogP contribution in [0.4, 0.5) is 23.8 Å². The van der Waals surface area contributed by atoms with Crippen LogP contribution in [-0.2, 0) is 10.9 Å². The highest BCUT2D eigenvalue weighted by atomic mass is 19.4. The largest absolute Gasteiger partial charge is 0.465 e. The molecule has 1 aromatic heterocycles. The molecule has 1 unspecified atom stereocenters. The van der Waals surface area contributed by atoms with Crippen LogP contribution in [0, 0.1) is 11.8 Å². The van der Waals surface area contributed by atoms with E-state index >= 15 is 0 Å². The second-order valence-electron chi connectivity index (χ2n) is 8.00. The lowest BCUT2D eigenvalue weighted by Crippen LogP contribution is -2.34. The van der Waals surface area contributed by atoms with Gasteiger partial charge in [0.25, 0.3) is 0 Å². The summed E-state index contributed by atoms with van der Waals surface area (Å²) in [6.45, 7) is 0.920. The molecule has 1 aliphatic heterocycles. The van der Waals surface area contributed by atoms with Crippen LogP contribution >= 0.6 is 0 Å². The van der Waals surface area contributed by atoms with E-state index in [9.17, 15) is 22.8 Å². The van der Waals surface area contributed by atoms with E-state index in [1.165, 1.54) is 25.4 Å². The number of pyridine rings is 1. The highest BCUT2D eigenvalue weighted by Gasteiger charge is 2.45. The molecule has 3 atom stereocenters. The molecule has 1 aliphatic carbocycles. The number of ether oxygens (including phenoxy) is 1. The van der Waals surface area contributed by atoms with Crippen molar-refractivity contribution in [2.75, 3.05) is 25.5 Å². The van der Waals surface area contributed by atoms with Gasteiger partial charge in [-0.2, -0.15) is 13.2 Å². The lowest BCUT2D eigenvalue weighted by atomic mass is 9.91. The molecule has 1 saturated carbocycles. The molecule has 0 spiro atoms. The number of methoxy groups -OCH3 is 1. The van der Waals surface area contributed by atoms with E-state index in [-0.39, 0.29) is 35.2 Å². The molecule has 2 aliphatic rings. The maximum atomic E-state index is 13.4. The fraction of sp³-hybridized carbons (Fsp3) is 0.409. The van der Waals surface area contributed by atoms with Crippen molar-refractivity contribution in [2.45, 2.75) is 24.9 Å². The number of rotatable bonds is 3. The van der Waals surface area contributed by atoms with Gasteiger partial charge in [-0.25, -0.2) is 14.6 Å². The zero-order valence-corrected chi connectivity index (χ0v) is 16.9. The number of esters is 1. The maximum Gasteiger partial charge on any atom is 0.416 e. The molecule has 2 aromatic rings. The van der Waals surface area contributed by atoms with Crippen molar-refractivity contribution in [1.29, 1.82) is 0 Å². The van der Waals surface area contributed by atoms with Crippen LogP contribution in [0.5, 0.6) is 0 Å². The van der Waals surface area contributed by atoms with Crippen LogP contribution in [0.2, 0.25) is 0 Å². The van der Waals surface area contributed by atoms with Crippen molar-refractivity contribution in [2.24, 2.45) is 11.8 Å². The van der Waals surface area contributed by atoms with Gasteiger partial charge in [0, 0.05) is 19.3 Å². The van der Waals surface area contributed by atoms with Gasteiger partial charge in [0.2, 0.25) is 0 Å². The Balaban J connectivity index is 1.42. The van der Waals surface area contributed by atoms with Gasteiger partial charge >= 0.3 is 18.2 Å². The van der Waals surface area contributed by atoms with E-state index in [2.05, 4.69) is 10.3 Å². The molecular formula is C22H22F3N3O3. The number of amides is 2. The molecule has 2 amide bonds. The van der Waals surface area contributed by atoms with Gasteiger partial charge < -0.3 is 9.64 Å². The number of fused-ring (bicyclic) bond motifs is 1. The number of halogens is 3. The molecule has 4 rings (SSSR count). The average molecular weight is 433 g/mol. The Bertz CT molecular complexity index is 981. The highest BCUT2D eigenvalue weighted by molar-refractivity contribution is 5.99. The second-order valence-corrected chi connectivity index (χ2v) is 8.00. The Kier molecular flexibility index (Phi) is 5.60. The number of urea groups is 1. The van der Waals surface area contributed by atoms with Crippen LogP contribution < -0.4 is 5.32 Å². The van der Waals surface area contributed by atoms with E-state index in [4.69, 9.17) is 4.74 Å². The molecule has 1 saturated heterocycles. The van der Waals surface area contributed by atoms with Gasteiger partial charge in [-0.1, -0.05) is 18.2 Å². The van der Waals surface area contributed by atoms with Crippen molar-refractivity contribution < 1.29 is 27.5 Å². The number of alkyl halides is 3. The zero-order valence-electron chi connectivity index (χ0n) is 16.9. The monoisotopic (exact) mass is 433 g/mol. The molecule has 0 bridgehead atoms. The predicted octanol–water partition coefficient (Wildman–Crippen LogP) is 4.54. The summed E-state index contributed by atoms with van der Waals surface area (Å²) in [6, 6.07) is 8.45. The van der Waals surface area contributed by atoms with Crippen LogP contribution in [0.1, 0.15) is 40.2 Å². The third-order valence-electron chi connectivity index (χ3n) is 6.18. The summed E-state index contributed by atoms with van der Waals surface area (Å²) in [5, 5.41) is 2.66.